The molecular weight excluding hydrogens is 443 g/mol. The van der Waals surface area contributed by atoms with Crippen LogP contribution in [0.15, 0.2) is 66.9 Å². The smallest absolute Gasteiger partial charge is 0.415 e. The first-order valence-corrected chi connectivity index (χ1v) is 10.8. The number of amides is 1. The number of ether oxygens (including phenoxy) is 3. The minimum absolute atomic E-state index is 0.0420. The summed E-state index contributed by atoms with van der Waals surface area (Å²) in [6, 6.07) is 16.2. The molecule has 1 amide bonds. The van der Waals surface area contributed by atoms with E-state index in [-0.39, 0.29) is 30.0 Å². The van der Waals surface area contributed by atoms with Crippen molar-refractivity contribution in [3.8, 4) is 17.2 Å². The second-order valence-electron chi connectivity index (χ2n) is 7.75. The Labute approximate surface area is 195 Å². The summed E-state index contributed by atoms with van der Waals surface area (Å²) in [7, 11) is 0. The second kappa shape index (κ2) is 10.7. The molecule has 1 saturated heterocycles. The van der Waals surface area contributed by atoms with Crippen LogP contribution in [0, 0.1) is 5.82 Å². The number of likely N-dealkylation sites (tertiary alicyclic amines) is 1. The molecule has 0 saturated carbocycles. The summed E-state index contributed by atoms with van der Waals surface area (Å²) in [6.45, 7) is 1.21. The molecule has 0 aliphatic carbocycles. The Morgan fingerprint density at radius 3 is 2.35 bits per heavy atom. The van der Waals surface area contributed by atoms with Gasteiger partial charge in [-0.05, 0) is 54.1 Å². The van der Waals surface area contributed by atoms with Crippen molar-refractivity contribution in [1.29, 1.82) is 0 Å². The standard InChI is InChI=1S/C25H23FN2O6/c26-18-3-1-2-17(14-18)16-32-19-4-6-20(7-5-19)33-21-10-12-28(13-11-21)25(31)34-22-8-9-23(24(29)30)27-15-22/h1-9,14-15,21H,10-13,16H2,(H,29,30). The van der Waals surface area contributed by atoms with Gasteiger partial charge in [0.2, 0.25) is 0 Å². The van der Waals surface area contributed by atoms with Crippen molar-refractivity contribution in [2.75, 3.05) is 13.1 Å². The zero-order valence-corrected chi connectivity index (χ0v) is 18.2. The van der Waals surface area contributed by atoms with Gasteiger partial charge >= 0.3 is 12.1 Å². The predicted molar refractivity (Wildman–Crippen MR) is 120 cm³/mol. The van der Waals surface area contributed by atoms with E-state index in [4.69, 9.17) is 19.3 Å². The van der Waals surface area contributed by atoms with Crippen molar-refractivity contribution >= 4 is 12.1 Å². The summed E-state index contributed by atoms with van der Waals surface area (Å²) in [5.41, 5.74) is 0.628. The molecular formula is C25H23FN2O6. The van der Waals surface area contributed by atoms with E-state index < -0.39 is 12.1 Å². The van der Waals surface area contributed by atoms with Crippen LogP contribution in [0.3, 0.4) is 0 Å². The Bertz CT molecular complexity index is 1130. The molecule has 1 aliphatic heterocycles. The van der Waals surface area contributed by atoms with Crippen molar-refractivity contribution in [3.05, 3.63) is 83.9 Å². The number of aromatic nitrogens is 1. The molecule has 34 heavy (non-hydrogen) atoms. The Kier molecular flexibility index (Phi) is 7.22. The number of hydrogen-bond donors (Lipinski definition) is 1. The molecule has 0 spiro atoms. The van der Waals surface area contributed by atoms with Crippen LogP contribution in [0.1, 0.15) is 28.9 Å². The van der Waals surface area contributed by atoms with Gasteiger partial charge in [0.25, 0.3) is 0 Å². The quantitative estimate of drug-likeness (QED) is 0.546. The van der Waals surface area contributed by atoms with Gasteiger partial charge in [-0.25, -0.2) is 19.0 Å². The largest absolute Gasteiger partial charge is 0.490 e. The molecule has 3 aromatic rings. The third-order valence-electron chi connectivity index (χ3n) is 5.28. The lowest BCUT2D eigenvalue weighted by atomic mass is 10.1. The molecule has 1 aromatic heterocycles. The maximum absolute atomic E-state index is 13.3. The Morgan fingerprint density at radius 1 is 1.00 bits per heavy atom. The molecule has 8 nitrogen and oxygen atoms in total. The van der Waals surface area contributed by atoms with Crippen LogP contribution < -0.4 is 14.2 Å². The third kappa shape index (κ3) is 6.22. The first-order valence-electron chi connectivity index (χ1n) is 10.8. The summed E-state index contributed by atoms with van der Waals surface area (Å²) >= 11 is 0. The number of carbonyl (C=O) groups is 2. The maximum Gasteiger partial charge on any atom is 0.415 e. The molecule has 2 heterocycles. The number of hydrogen-bond acceptors (Lipinski definition) is 6. The van der Waals surface area contributed by atoms with Crippen molar-refractivity contribution < 1.29 is 33.3 Å². The van der Waals surface area contributed by atoms with E-state index in [2.05, 4.69) is 4.98 Å². The monoisotopic (exact) mass is 466 g/mol. The van der Waals surface area contributed by atoms with Crippen LogP contribution in [0.4, 0.5) is 9.18 Å². The van der Waals surface area contributed by atoms with Crippen molar-refractivity contribution in [1.82, 2.24) is 9.88 Å². The fraction of sp³-hybridized carbons (Fsp3) is 0.240. The van der Waals surface area contributed by atoms with Crippen LogP contribution in [-0.2, 0) is 6.61 Å². The number of carbonyl (C=O) groups excluding carboxylic acids is 1. The number of carboxylic acid groups (broad SMARTS) is 1. The number of piperidine rings is 1. The van der Waals surface area contributed by atoms with E-state index >= 15 is 0 Å². The third-order valence-corrected chi connectivity index (χ3v) is 5.28. The topological polar surface area (TPSA) is 98.2 Å². The maximum atomic E-state index is 13.3. The number of nitrogens with zero attached hydrogens (tertiary/aromatic N) is 2. The van der Waals surface area contributed by atoms with E-state index in [1.807, 2.05) is 12.1 Å². The summed E-state index contributed by atoms with van der Waals surface area (Å²) in [4.78, 5) is 28.5. The highest BCUT2D eigenvalue weighted by Gasteiger charge is 2.25. The molecule has 0 unspecified atom stereocenters. The fourth-order valence-corrected chi connectivity index (χ4v) is 3.49. The van der Waals surface area contributed by atoms with Crippen LogP contribution in [0.2, 0.25) is 0 Å². The number of aromatic carboxylic acids is 1. The van der Waals surface area contributed by atoms with E-state index in [9.17, 15) is 14.0 Å². The van der Waals surface area contributed by atoms with Gasteiger partial charge in [-0.1, -0.05) is 12.1 Å². The minimum atomic E-state index is -1.15. The van der Waals surface area contributed by atoms with Gasteiger partial charge in [0.15, 0.2) is 5.75 Å². The Hall–Kier alpha value is -4.14. The van der Waals surface area contributed by atoms with Gasteiger partial charge < -0.3 is 24.2 Å². The lowest BCUT2D eigenvalue weighted by Crippen LogP contribution is -2.43. The summed E-state index contributed by atoms with van der Waals surface area (Å²) in [5.74, 6) is 0.0957. The SMILES string of the molecule is O=C(O)c1ccc(OC(=O)N2CCC(Oc3ccc(OCc4cccc(F)c4)cc3)CC2)cn1. The molecule has 4 rings (SSSR count). The van der Waals surface area contributed by atoms with E-state index in [1.54, 1.807) is 29.2 Å². The molecule has 0 bridgehead atoms. The van der Waals surface area contributed by atoms with E-state index in [0.29, 0.717) is 37.4 Å². The van der Waals surface area contributed by atoms with Crippen LogP contribution in [-0.4, -0.2) is 46.2 Å². The molecule has 176 valence electrons. The normalized spacial score (nSPS) is 13.9. The molecule has 0 atom stereocenters. The predicted octanol–water partition coefficient (Wildman–Crippen LogP) is 4.54. The molecule has 9 heteroatoms. The van der Waals surface area contributed by atoms with Crippen LogP contribution >= 0.6 is 0 Å². The van der Waals surface area contributed by atoms with Gasteiger partial charge in [0.1, 0.15) is 35.7 Å². The van der Waals surface area contributed by atoms with Gasteiger partial charge in [0.05, 0.1) is 6.20 Å². The van der Waals surface area contributed by atoms with Gasteiger partial charge in [0, 0.05) is 25.9 Å². The first kappa shape index (κ1) is 23.0. The Morgan fingerprint density at radius 2 is 1.71 bits per heavy atom. The zero-order valence-electron chi connectivity index (χ0n) is 18.2. The van der Waals surface area contributed by atoms with Gasteiger partial charge in [-0.15, -0.1) is 0 Å². The number of pyridine rings is 1. The van der Waals surface area contributed by atoms with E-state index in [1.165, 1.54) is 30.5 Å². The summed E-state index contributed by atoms with van der Waals surface area (Å²) in [6.07, 6.45) is 1.94. The molecule has 2 aromatic carbocycles. The lowest BCUT2D eigenvalue weighted by Gasteiger charge is -2.31. The average Bonchev–Trinajstić information content (AvgIpc) is 2.84. The molecule has 1 aliphatic rings. The molecule has 0 radical (unpaired) electrons. The van der Waals surface area contributed by atoms with Crippen LogP contribution in [0.25, 0.3) is 0 Å². The highest BCUT2D eigenvalue weighted by molar-refractivity contribution is 5.85. The number of carboxylic acids is 1. The zero-order chi connectivity index (χ0) is 23.9. The lowest BCUT2D eigenvalue weighted by molar-refractivity contribution is 0.0690. The van der Waals surface area contributed by atoms with Crippen molar-refractivity contribution in [2.24, 2.45) is 0 Å². The minimum Gasteiger partial charge on any atom is -0.490 e. The van der Waals surface area contributed by atoms with E-state index in [0.717, 1.165) is 5.56 Å². The molecule has 1 N–H and O–H groups in total. The highest BCUT2D eigenvalue weighted by Crippen LogP contribution is 2.23. The first-order chi connectivity index (χ1) is 16.5. The van der Waals surface area contributed by atoms with Crippen molar-refractivity contribution in [2.45, 2.75) is 25.6 Å². The van der Waals surface area contributed by atoms with Crippen molar-refractivity contribution in [3.63, 3.8) is 0 Å². The number of rotatable bonds is 7. The number of halogens is 1. The number of benzene rings is 2. The molecule has 1 fully saturated rings. The van der Waals surface area contributed by atoms with Crippen LogP contribution in [0.5, 0.6) is 17.2 Å². The average molecular weight is 466 g/mol. The fourth-order valence-electron chi connectivity index (χ4n) is 3.49. The van der Waals surface area contributed by atoms with Gasteiger partial charge in [-0.2, -0.15) is 0 Å². The summed E-state index contributed by atoms with van der Waals surface area (Å²) < 4.78 is 30.2. The van der Waals surface area contributed by atoms with Gasteiger partial charge in [-0.3, -0.25) is 0 Å². The second-order valence-corrected chi connectivity index (χ2v) is 7.75. The summed E-state index contributed by atoms with van der Waals surface area (Å²) in [5, 5.41) is 8.87. The highest BCUT2D eigenvalue weighted by atomic mass is 19.1. The Balaban J connectivity index is 1.21.